The van der Waals surface area contributed by atoms with Gasteiger partial charge in [-0.1, -0.05) is 29.8 Å². The number of hydrogen-bond donors (Lipinski definition) is 1. The van der Waals surface area contributed by atoms with E-state index in [0.717, 1.165) is 16.6 Å². The molecule has 1 aromatic carbocycles. The molecular formula is C16H12ClN3O. The number of aryl methyl sites for hydroxylation is 1. The highest BCUT2D eigenvalue weighted by Crippen LogP contribution is 2.22. The smallest absolute Gasteiger partial charge is 0.258 e. The van der Waals surface area contributed by atoms with Crippen molar-refractivity contribution in [3.05, 3.63) is 65.1 Å². The van der Waals surface area contributed by atoms with Gasteiger partial charge in [0.25, 0.3) is 5.91 Å². The molecule has 0 saturated heterocycles. The van der Waals surface area contributed by atoms with Crippen LogP contribution >= 0.6 is 11.6 Å². The second kappa shape index (κ2) is 5.50. The molecule has 0 saturated carbocycles. The van der Waals surface area contributed by atoms with E-state index in [0.29, 0.717) is 11.3 Å². The number of hydrogen-bond acceptors (Lipinski definition) is 3. The fourth-order valence-electron chi connectivity index (χ4n) is 2.09. The minimum absolute atomic E-state index is 0.195. The molecule has 5 heteroatoms. The molecule has 0 atom stereocenters. The highest BCUT2D eigenvalue weighted by atomic mass is 35.5. The molecule has 4 nitrogen and oxygen atoms in total. The number of fused-ring (bicyclic) bond motifs is 1. The summed E-state index contributed by atoms with van der Waals surface area (Å²) in [5.41, 5.74) is 2.50. The molecule has 2 heterocycles. The Bertz CT molecular complexity index is 827. The van der Waals surface area contributed by atoms with Crippen LogP contribution in [-0.4, -0.2) is 15.9 Å². The minimum Gasteiger partial charge on any atom is -0.320 e. The molecule has 2 aromatic heterocycles. The fourth-order valence-corrected chi connectivity index (χ4v) is 2.37. The first-order chi connectivity index (χ1) is 10.1. The predicted octanol–water partition coefficient (Wildman–Crippen LogP) is 3.84. The van der Waals surface area contributed by atoms with Crippen LogP contribution in [0.3, 0.4) is 0 Å². The van der Waals surface area contributed by atoms with E-state index in [1.54, 1.807) is 18.3 Å². The van der Waals surface area contributed by atoms with Crippen molar-refractivity contribution < 1.29 is 4.79 Å². The standard InChI is InChI=1S/C16H12ClN3O/c1-10-7-8-12(15(17)19-10)16(21)20-13-6-2-4-11-5-3-9-18-14(11)13/h2-9H,1H3,(H,20,21). The Balaban J connectivity index is 1.97. The third kappa shape index (κ3) is 2.71. The molecule has 1 N–H and O–H groups in total. The Morgan fingerprint density at radius 3 is 2.76 bits per heavy atom. The maximum Gasteiger partial charge on any atom is 0.258 e. The topological polar surface area (TPSA) is 54.9 Å². The van der Waals surface area contributed by atoms with Crippen molar-refractivity contribution in [2.24, 2.45) is 0 Å². The molecule has 0 spiro atoms. The number of rotatable bonds is 2. The quantitative estimate of drug-likeness (QED) is 0.731. The minimum atomic E-state index is -0.300. The van der Waals surface area contributed by atoms with Crippen LogP contribution < -0.4 is 5.32 Å². The van der Waals surface area contributed by atoms with Crippen molar-refractivity contribution in [1.29, 1.82) is 0 Å². The maximum absolute atomic E-state index is 12.3. The van der Waals surface area contributed by atoms with Crippen molar-refractivity contribution in [2.45, 2.75) is 6.92 Å². The van der Waals surface area contributed by atoms with Gasteiger partial charge in [-0.05, 0) is 31.2 Å². The number of halogens is 1. The van der Waals surface area contributed by atoms with E-state index < -0.39 is 0 Å². The van der Waals surface area contributed by atoms with Gasteiger partial charge in [-0.2, -0.15) is 0 Å². The molecule has 3 aromatic rings. The summed E-state index contributed by atoms with van der Waals surface area (Å²) >= 11 is 6.02. The average molecular weight is 298 g/mol. The van der Waals surface area contributed by atoms with Gasteiger partial charge in [0.2, 0.25) is 0 Å². The molecule has 0 bridgehead atoms. The number of carbonyl (C=O) groups is 1. The van der Waals surface area contributed by atoms with Gasteiger partial charge >= 0.3 is 0 Å². The first-order valence-corrected chi connectivity index (χ1v) is 6.81. The van der Waals surface area contributed by atoms with Crippen molar-refractivity contribution in [3.8, 4) is 0 Å². The Morgan fingerprint density at radius 2 is 1.95 bits per heavy atom. The van der Waals surface area contributed by atoms with E-state index in [2.05, 4.69) is 15.3 Å². The van der Waals surface area contributed by atoms with Gasteiger partial charge < -0.3 is 5.32 Å². The summed E-state index contributed by atoms with van der Waals surface area (Å²) in [7, 11) is 0. The third-order valence-electron chi connectivity index (χ3n) is 3.11. The summed E-state index contributed by atoms with van der Waals surface area (Å²) in [5, 5.41) is 3.99. The summed E-state index contributed by atoms with van der Waals surface area (Å²) in [4.78, 5) is 20.7. The molecule has 104 valence electrons. The third-order valence-corrected chi connectivity index (χ3v) is 3.40. The Morgan fingerprint density at radius 1 is 1.14 bits per heavy atom. The van der Waals surface area contributed by atoms with E-state index in [9.17, 15) is 4.79 Å². The number of amides is 1. The summed E-state index contributed by atoms with van der Waals surface area (Å²) in [6, 6.07) is 12.8. The number of benzene rings is 1. The Hall–Kier alpha value is -2.46. The molecule has 1 amide bonds. The SMILES string of the molecule is Cc1ccc(C(=O)Nc2cccc3cccnc23)c(Cl)n1. The van der Waals surface area contributed by atoms with Gasteiger partial charge in [0, 0.05) is 17.3 Å². The van der Waals surface area contributed by atoms with Crippen LogP contribution in [-0.2, 0) is 0 Å². The summed E-state index contributed by atoms with van der Waals surface area (Å²) in [6.45, 7) is 1.82. The average Bonchev–Trinajstić information content (AvgIpc) is 2.47. The number of pyridine rings is 2. The maximum atomic E-state index is 12.3. The van der Waals surface area contributed by atoms with Crippen molar-refractivity contribution in [2.75, 3.05) is 5.32 Å². The monoisotopic (exact) mass is 297 g/mol. The number of aromatic nitrogens is 2. The summed E-state index contributed by atoms with van der Waals surface area (Å²) < 4.78 is 0. The molecule has 0 aliphatic heterocycles. The van der Waals surface area contributed by atoms with Gasteiger partial charge in [-0.3, -0.25) is 9.78 Å². The van der Waals surface area contributed by atoms with Crippen LogP contribution in [0.1, 0.15) is 16.1 Å². The van der Waals surface area contributed by atoms with Crippen molar-refractivity contribution in [3.63, 3.8) is 0 Å². The lowest BCUT2D eigenvalue weighted by Crippen LogP contribution is -2.13. The molecule has 0 fully saturated rings. The van der Waals surface area contributed by atoms with E-state index in [4.69, 9.17) is 11.6 Å². The first kappa shape index (κ1) is 13.5. The summed E-state index contributed by atoms with van der Waals surface area (Å²) in [6.07, 6.45) is 1.69. The molecule has 0 unspecified atom stereocenters. The van der Waals surface area contributed by atoms with Crippen LogP contribution in [0.2, 0.25) is 5.15 Å². The first-order valence-electron chi connectivity index (χ1n) is 6.43. The highest BCUT2D eigenvalue weighted by Gasteiger charge is 2.13. The number of anilines is 1. The van der Waals surface area contributed by atoms with Crippen LogP contribution in [0.25, 0.3) is 10.9 Å². The molecule has 0 aliphatic carbocycles. The van der Waals surface area contributed by atoms with Crippen LogP contribution in [0, 0.1) is 6.92 Å². The number of nitrogens with one attached hydrogen (secondary N) is 1. The highest BCUT2D eigenvalue weighted by molar-refractivity contribution is 6.33. The molecule has 0 radical (unpaired) electrons. The molecule has 21 heavy (non-hydrogen) atoms. The lowest BCUT2D eigenvalue weighted by molar-refractivity contribution is 0.102. The fraction of sp³-hybridized carbons (Fsp3) is 0.0625. The van der Waals surface area contributed by atoms with E-state index in [-0.39, 0.29) is 11.1 Å². The van der Waals surface area contributed by atoms with E-state index in [1.165, 1.54) is 0 Å². The number of para-hydroxylation sites is 1. The normalized spacial score (nSPS) is 10.6. The summed E-state index contributed by atoms with van der Waals surface area (Å²) in [5.74, 6) is -0.300. The van der Waals surface area contributed by atoms with E-state index in [1.807, 2.05) is 37.3 Å². The van der Waals surface area contributed by atoms with Gasteiger partial charge in [0.1, 0.15) is 5.15 Å². The zero-order valence-electron chi connectivity index (χ0n) is 11.3. The van der Waals surface area contributed by atoms with E-state index >= 15 is 0 Å². The molecule has 0 aliphatic rings. The zero-order valence-corrected chi connectivity index (χ0v) is 12.1. The van der Waals surface area contributed by atoms with Gasteiger partial charge in [-0.25, -0.2) is 4.98 Å². The largest absolute Gasteiger partial charge is 0.320 e. The molecule has 3 rings (SSSR count). The Labute approximate surface area is 126 Å². The molecular weight excluding hydrogens is 286 g/mol. The lowest BCUT2D eigenvalue weighted by Gasteiger charge is -2.09. The predicted molar refractivity (Wildman–Crippen MR) is 83.7 cm³/mol. The van der Waals surface area contributed by atoms with Crippen LogP contribution in [0.5, 0.6) is 0 Å². The van der Waals surface area contributed by atoms with Crippen LogP contribution in [0.4, 0.5) is 5.69 Å². The number of carbonyl (C=O) groups excluding carboxylic acids is 1. The van der Waals surface area contributed by atoms with Crippen molar-refractivity contribution >= 4 is 34.1 Å². The zero-order chi connectivity index (χ0) is 14.8. The van der Waals surface area contributed by atoms with Gasteiger partial charge in [-0.15, -0.1) is 0 Å². The second-order valence-electron chi connectivity index (χ2n) is 4.63. The van der Waals surface area contributed by atoms with Crippen molar-refractivity contribution in [1.82, 2.24) is 9.97 Å². The lowest BCUT2D eigenvalue weighted by atomic mass is 10.2. The second-order valence-corrected chi connectivity index (χ2v) is 4.98. The Kier molecular flexibility index (Phi) is 3.54. The van der Waals surface area contributed by atoms with Crippen LogP contribution in [0.15, 0.2) is 48.7 Å². The number of nitrogens with zero attached hydrogens (tertiary/aromatic N) is 2. The van der Waals surface area contributed by atoms with Gasteiger partial charge in [0.15, 0.2) is 0 Å². The van der Waals surface area contributed by atoms with Gasteiger partial charge in [0.05, 0.1) is 16.8 Å².